The molecule has 1 aromatic carbocycles. The maximum Gasteiger partial charge on any atom is 0.284 e. The molecule has 0 aliphatic rings. The number of nitrogens with zero attached hydrogens (tertiary/aromatic N) is 2. The number of nitrogens with one attached hydrogen (secondary N) is 1. The first kappa shape index (κ1) is 14.2. The Bertz CT molecular complexity index is 591. The SMILES string of the molecule is CC(C)c1ccc(-n2cc(NC=O)c(C(F)F)n2)cc1. The molecule has 0 saturated heterocycles. The number of aromatic nitrogens is 2. The molecule has 0 radical (unpaired) electrons. The van der Waals surface area contributed by atoms with Gasteiger partial charge in [0.2, 0.25) is 6.41 Å². The van der Waals surface area contributed by atoms with Gasteiger partial charge in [0.25, 0.3) is 6.43 Å². The van der Waals surface area contributed by atoms with Crippen molar-refractivity contribution in [2.75, 3.05) is 5.32 Å². The monoisotopic (exact) mass is 279 g/mol. The van der Waals surface area contributed by atoms with Gasteiger partial charge in [0.05, 0.1) is 17.6 Å². The van der Waals surface area contributed by atoms with E-state index in [0.29, 0.717) is 18.0 Å². The van der Waals surface area contributed by atoms with Crippen LogP contribution in [0, 0.1) is 0 Å². The van der Waals surface area contributed by atoms with E-state index in [1.54, 1.807) is 0 Å². The molecule has 4 nitrogen and oxygen atoms in total. The maximum atomic E-state index is 12.8. The van der Waals surface area contributed by atoms with Gasteiger partial charge in [-0.25, -0.2) is 13.5 Å². The van der Waals surface area contributed by atoms with E-state index in [1.165, 1.54) is 10.9 Å². The first-order chi connectivity index (χ1) is 9.52. The Kier molecular flexibility index (Phi) is 4.12. The molecule has 106 valence electrons. The fraction of sp³-hybridized carbons (Fsp3) is 0.286. The van der Waals surface area contributed by atoms with Crippen LogP contribution in [0.5, 0.6) is 0 Å². The molecule has 0 atom stereocenters. The van der Waals surface area contributed by atoms with Crippen LogP contribution in [0.1, 0.15) is 37.4 Å². The van der Waals surface area contributed by atoms with E-state index in [9.17, 15) is 13.6 Å². The lowest BCUT2D eigenvalue weighted by atomic mass is 10.0. The van der Waals surface area contributed by atoms with Crippen molar-refractivity contribution in [3.8, 4) is 5.69 Å². The predicted molar refractivity (Wildman–Crippen MR) is 72.3 cm³/mol. The molecule has 0 fully saturated rings. The number of hydrogen-bond acceptors (Lipinski definition) is 2. The smallest absolute Gasteiger partial charge is 0.284 e. The van der Waals surface area contributed by atoms with Gasteiger partial charge in [0, 0.05) is 0 Å². The Morgan fingerprint density at radius 1 is 1.25 bits per heavy atom. The van der Waals surface area contributed by atoms with Crippen molar-refractivity contribution >= 4 is 12.1 Å². The normalized spacial score (nSPS) is 11.1. The Hall–Kier alpha value is -2.24. The summed E-state index contributed by atoms with van der Waals surface area (Å²) in [5, 5.41) is 6.05. The fourth-order valence-electron chi connectivity index (χ4n) is 1.87. The molecule has 1 aromatic heterocycles. The van der Waals surface area contributed by atoms with Crippen LogP contribution in [0.15, 0.2) is 30.5 Å². The molecular formula is C14H15F2N3O. The molecule has 2 aromatic rings. The summed E-state index contributed by atoms with van der Waals surface area (Å²) in [5.74, 6) is 0.394. The van der Waals surface area contributed by atoms with Crippen LogP contribution in [-0.4, -0.2) is 16.2 Å². The predicted octanol–water partition coefficient (Wildman–Crippen LogP) is 3.50. The second-order valence-electron chi connectivity index (χ2n) is 4.68. The summed E-state index contributed by atoms with van der Waals surface area (Å²) in [5.41, 5.74) is 1.39. The highest BCUT2D eigenvalue weighted by atomic mass is 19.3. The highest BCUT2D eigenvalue weighted by Gasteiger charge is 2.18. The van der Waals surface area contributed by atoms with Crippen molar-refractivity contribution in [2.45, 2.75) is 26.2 Å². The summed E-state index contributed by atoms with van der Waals surface area (Å²) in [6, 6.07) is 7.47. The van der Waals surface area contributed by atoms with Gasteiger partial charge in [-0.2, -0.15) is 5.10 Å². The molecule has 2 rings (SSSR count). The van der Waals surface area contributed by atoms with Crippen molar-refractivity contribution in [1.82, 2.24) is 9.78 Å². The third-order valence-corrected chi connectivity index (χ3v) is 2.99. The zero-order chi connectivity index (χ0) is 14.7. The molecule has 1 N–H and O–H groups in total. The van der Waals surface area contributed by atoms with Crippen molar-refractivity contribution in [3.05, 3.63) is 41.7 Å². The van der Waals surface area contributed by atoms with E-state index in [2.05, 4.69) is 24.3 Å². The van der Waals surface area contributed by atoms with E-state index in [0.717, 1.165) is 5.56 Å². The molecule has 0 saturated carbocycles. The molecule has 0 aliphatic carbocycles. The Labute approximate surface area is 115 Å². The standard InChI is InChI=1S/C14H15F2N3O/c1-9(2)10-3-5-11(6-4-10)19-7-12(17-8-20)13(18-19)14(15)16/h3-9,14H,1-2H3,(H,17,20). The largest absolute Gasteiger partial charge is 0.326 e. The molecule has 1 heterocycles. The lowest BCUT2D eigenvalue weighted by Gasteiger charge is -2.06. The summed E-state index contributed by atoms with van der Waals surface area (Å²) >= 11 is 0. The lowest BCUT2D eigenvalue weighted by molar-refractivity contribution is -0.105. The van der Waals surface area contributed by atoms with Crippen LogP contribution in [-0.2, 0) is 4.79 Å². The zero-order valence-corrected chi connectivity index (χ0v) is 11.2. The number of amides is 1. The third kappa shape index (κ3) is 2.84. The van der Waals surface area contributed by atoms with Gasteiger partial charge < -0.3 is 5.32 Å². The number of hydrogen-bond donors (Lipinski definition) is 1. The van der Waals surface area contributed by atoms with E-state index < -0.39 is 12.1 Å². The minimum Gasteiger partial charge on any atom is -0.326 e. The first-order valence-corrected chi connectivity index (χ1v) is 6.21. The van der Waals surface area contributed by atoms with Gasteiger partial charge in [-0.1, -0.05) is 26.0 Å². The van der Waals surface area contributed by atoms with Gasteiger partial charge >= 0.3 is 0 Å². The molecule has 6 heteroatoms. The minimum atomic E-state index is -2.74. The lowest BCUT2D eigenvalue weighted by Crippen LogP contribution is -1.98. The van der Waals surface area contributed by atoms with E-state index in [4.69, 9.17) is 0 Å². The summed E-state index contributed by atoms with van der Waals surface area (Å²) in [6.07, 6.45) is -1.01. The van der Waals surface area contributed by atoms with Crippen LogP contribution in [0.25, 0.3) is 5.69 Å². The molecule has 0 spiro atoms. The topological polar surface area (TPSA) is 46.9 Å². The molecule has 20 heavy (non-hydrogen) atoms. The second kappa shape index (κ2) is 5.81. The van der Waals surface area contributed by atoms with Crippen molar-refractivity contribution in [3.63, 3.8) is 0 Å². The van der Waals surface area contributed by atoms with Gasteiger partial charge in [-0.15, -0.1) is 0 Å². The second-order valence-corrected chi connectivity index (χ2v) is 4.68. The quantitative estimate of drug-likeness (QED) is 0.851. The number of anilines is 1. The number of carbonyl (C=O) groups is 1. The summed E-state index contributed by atoms with van der Waals surface area (Å²) < 4.78 is 27.0. The van der Waals surface area contributed by atoms with Crippen molar-refractivity contribution in [2.24, 2.45) is 0 Å². The van der Waals surface area contributed by atoms with Gasteiger partial charge in [-0.05, 0) is 23.6 Å². The molecule has 0 bridgehead atoms. The fourth-order valence-corrected chi connectivity index (χ4v) is 1.87. The molecule has 1 amide bonds. The Morgan fingerprint density at radius 3 is 2.40 bits per heavy atom. The Morgan fingerprint density at radius 2 is 1.90 bits per heavy atom. The number of halogens is 2. The summed E-state index contributed by atoms with van der Waals surface area (Å²) in [7, 11) is 0. The molecule has 0 aliphatic heterocycles. The van der Waals surface area contributed by atoms with Crippen molar-refractivity contribution in [1.29, 1.82) is 0 Å². The van der Waals surface area contributed by atoms with Crippen LogP contribution < -0.4 is 5.32 Å². The average Bonchev–Trinajstić information content (AvgIpc) is 2.83. The Balaban J connectivity index is 2.37. The molecular weight excluding hydrogens is 264 g/mol. The van der Waals surface area contributed by atoms with Gasteiger partial charge in [0.1, 0.15) is 0 Å². The van der Waals surface area contributed by atoms with Crippen LogP contribution in [0.2, 0.25) is 0 Å². The van der Waals surface area contributed by atoms with Crippen LogP contribution in [0.4, 0.5) is 14.5 Å². The van der Waals surface area contributed by atoms with Gasteiger partial charge in [-0.3, -0.25) is 4.79 Å². The van der Waals surface area contributed by atoms with Crippen molar-refractivity contribution < 1.29 is 13.6 Å². The van der Waals surface area contributed by atoms with Crippen LogP contribution in [0.3, 0.4) is 0 Å². The number of alkyl halides is 2. The average molecular weight is 279 g/mol. The minimum absolute atomic E-state index is 0.0166. The van der Waals surface area contributed by atoms with E-state index >= 15 is 0 Å². The van der Waals surface area contributed by atoms with Crippen LogP contribution >= 0.6 is 0 Å². The zero-order valence-electron chi connectivity index (χ0n) is 11.2. The third-order valence-electron chi connectivity index (χ3n) is 2.99. The highest BCUT2D eigenvalue weighted by molar-refractivity contribution is 5.72. The maximum absolute atomic E-state index is 12.8. The van der Waals surface area contributed by atoms with E-state index in [-0.39, 0.29) is 5.69 Å². The van der Waals surface area contributed by atoms with Gasteiger partial charge in [0.15, 0.2) is 5.69 Å². The first-order valence-electron chi connectivity index (χ1n) is 6.21. The number of rotatable bonds is 5. The number of carbonyl (C=O) groups excluding carboxylic acids is 1. The number of benzene rings is 1. The summed E-state index contributed by atoms with van der Waals surface area (Å²) in [6.45, 7) is 4.15. The van der Waals surface area contributed by atoms with E-state index in [1.807, 2.05) is 24.3 Å². The highest BCUT2D eigenvalue weighted by Crippen LogP contribution is 2.26. The molecule has 0 unspecified atom stereocenters. The summed E-state index contributed by atoms with van der Waals surface area (Å²) in [4.78, 5) is 10.4.